The van der Waals surface area contributed by atoms with E-state index in [0.29, 0.717) is 0 Å². The number of halogens is 3. The summed E-state index contributed by atoms with van der Waals surface area (Å²) in [5.41, 5.74) is 0.763. The van der Waals surface area contributed by atoms with Gasteiger partial charge in [-0.3, -0.25) is 4.21 Å². The molecular weight excluding hydrogens is 241 g/mol. The quantitative estimate of drug-likeness (QED) is 0.707. The van der Waals surface area contributed by atoms with Crippen molar-refractivity contribution in [1.82, 2.24) is 0 Å². The van der Waals surface area contributed by atoms with Crippen molar-refractivity contribution in [3.05, 3.63) is 23.8 Å². The van der Waals surface area contributed by atoms with Gasteiger partial charge in [0.25, 0.3) is 0 Å². The van der Waals surface area contributed by atoms with Crippen LogP contribution in [0.25, 0.3) is 0 Å². The highest BCUT2D eigenvalue weighted by Gasteiger charge is 2.47. The number of rotatable bonds is 0. The van der Waals surface area contributed by atoms with Gasteiger partial charge in [0.1, 0.15) is 12.4 Å². The van der Waals surface area contributed by atoms with Crippen molar-refractivity contribution in [2.45, 2.75) is 23.2 Å². The second kappa shape index (κ2) is 3.76. The standard InChI is InChI=1S/C10H9F3O2S/c1-6-2-3-7-8(4-6)16(14)9(5-15-7)10(11,12)13/h2-4,9H,5H2,1H3/t9-,16+/m0/s1. The summed E-state index contributed by atoms with van der Waals surface area (Å²) in [4.78, 5) is 0.133. The lowest BCUT2D eigenvalue weighted by molar-refractivity contribution is -0.135. The smallest absolute Gasteiger partial charge is 0.406 e. The first-order valence-electron chi connectivity index (χ1n) is 4.60. The number of ether oxygens (including phenoxy) is 1. The molecular formula is C10H9F3O2S. The number of fused-ring (bicyclic) bond motifs is 1. The van der Waals surface area contributed by atoms with Gasteiger partial charge in [0.05, 0.1) is 15.7 Å². The summed E-state index contributed by atoms with van der Waals surface area (Å²) in [6, 6.07) is 4.74. The zero-order valence-corrected chi connectivity index (χ0v) is 9.19. The van der Waals surface area contributed by atoms with Crippen molar-refractivity contribution >= 4 is 10.8 Å². The van der Waals surface area contributed by atoms with E-state index in [1.807, 2.05) is 0 Å². The lowest BCUT2D eigenvalue weighted by atomic mass is 10.2. The molecule has 16 heavy (non-hydrogen) atoms. The summed E-state index contributed by atoms with van der Waals surface area (Å²) in [5.74, 6) is 0.282. The molecule has 1 heterocycles. The molecule has 0 spiro atoms. The first-order valence-corrected chi connectivity index (χ1v) is 5.81. The molecule has 1 aromatic rings. The summed E-state index contributed by atoms with van der Waals surface area (Å²) < 4.78 is 54.2. The molecule has 88 valence electrons. The minimum Gasteiger partial charge on any atom is -0.491 e. The fourth-order valence-corrected chi connectivity index (χ4v) is 2.86. The van der Waals surface area contributed by atoms with Crippen molar-refractivity contribution < 1.29 is 22.1 Å². The molecule has 1 aromatic carbocycles. The molecule has 0 saturated heterocycles. The van der Waals surface area contributed by atoms with Crippen LogP contribution in [0.2, 0.25) is 0 Å². The molecule has 1 aliphatic rings. The molecule has 2 rings (SSSR count). The second-order valence-corrected chi connectivity index (χ2v) is 5.19. The van der Waals surface area contributed by atoms with E-state index in [0.717, 1.165) is 5.56 Å². The third kappa shape index (κ3) is 1.93. The van der Waals surface area contributed by atoms with E-state index >= 15 is 0 Å². The predicted molar refractivity (Wildman–Crippen MR) is 52.9 cm³/mol. The van der Waals surface area contributed by atoms with Gasteiger partial charge in [0.2, 0.25) is 0 Å². The first-order chi connectivity index (χ1) is 7.39. The predicted octanol–water partition coefficient (Wildman–Crippen LogP) is 2.43. The molecule has 2 atom stereocenters. The van der Waals surface area contributed by atoms with Crippen molar-refractivity contribution in [2.24, 2.45) is 0 Å². The average molecular weight is 250 g/mol. The van der Waals surface area contributed by atoms with Gasteiger partial charge in [-0.25, -0.2) is 0 Å². The van der Waals surface area contributed by atoms with Gasteiger partial charge in [-0.2, -0.15) is 13.2 Å². The lowest BCUT2D eigenvalue weighted by Gasteiger charge is -2.26. The molecule has 0 N–H and O–H groups in total. The molecule has 0 saturated carbocycles. The van der Waals surface area contributed by atoms with E-state index < -0.39 is 28.8 Å². The van der Waals surface area contributed by atoms with Crippen molar-refractivity contribution in [3.8, 4) is 5.75 Å². The Morgan fingerprint density at radius 1 is 1.44 bits per heavy atom. The number of hydrogen-bond acceptors (Lipinski definition) is 2. The van der Waals surface area contributed by atoms with Gasteiger partial charge in [-0.15, -0.1) is 0 Å². The number of aryl methyl sites for hydroxylation is 1. The molecule has 0 amide bonds. The number of hydrogen-bond donors (Lipinski definition) is 0. The Morgan fingerprint density at radius 3 is 2.75 bits per heavy atom. The Morgan fingerprint density at radius 2 is 2.12 bits per heavy atom. The highest BCUT2D eigenvalue weighted by molar-refractivity contribution is 7.86. The Kier molecular flexibility index (Phi) is 2.69. The molecule has 0 aliphatic carbocycles. The molecule has 0 radical (unpaired) electrons. The number of benzene rings is 1. The van der Waals surface area contributed by atoms with E-state index in [1.54, 1.807) is 19.1 Å². The zero-order valence-electron chi connectivity index (χ0n) is 8.38. The summed E-state index contributed by atoms with van der Waals surface area (Å²) in [7, 11) is -2.08. The maximum atomic E-state index is 12.5. The summed E-state index contributed by atoms with van der Waals surface area (Å²) in [6.07, 6.45) is -4.49. The van der Waals surface area contributed by atoms with Crippen LogP contribution in [-0.2, 0) is 10.8 Å². The fourth-order valence-electron chi connectivity index (χ4n) is 1.49. The van der Waals surface area contributed by atoms with Crippen LogP contribution in [0.4, 0.5) is 13.2 Å². The maximum Gasteiger partial charge on any atom is 0.406 e. The third-order valence-corrected chi connectivity index (χ3v) is 4.00. The van der Waals surface area contributed by atoms with Crippen LogP contribution >= 0.6 is 0 Å². The second-order valence-electron chi connectivity index (χ2n) is 3.59. The van der Waals surface area contributed by atoms with E-state index in [1.165, 1.54) is 6.07 Å². The van der Waals surface area contributed by atoms with Gasteiger partial charge < -0.3 is 4.74 Å². The van der Waals surface area contributed by atoms with Gasteiger partial charge in [-0.1, -0.05) is 6.07 Å². The van der Waals surface area contributed by atoms with Crippen LogP contribution in [-0.4, -0.2) is 22.2 Å². The van der Waals surface area contributed by atoms with Crippen LogP contribution in [0.5, 0.6) is 5.75 Å². The van der Waals surface area contributed by atoms with Gasteiger partial charge in [-0.05, 0) is 24.6 Å². The first kappa shape index (κ1) is 11.4. The van der Waals surface area contributed by atoms with E-state index in [-0.39, 0.29) is 10.6 Å². The van der Waals surface area contributed by atoms with Crippen LogP contribution in [0.1, 0.15) is 5.56 Å². The SMILES string of the molecule is Cc1ccc2c(c1)[S@@](=O)[C@H](C(F)(F)F)CO2. The van der Waals surface area contributed by atoms with Crippen molar-refractivity contribution in [2.75, 3.05) is 6.61 Å². The van der Waals surface area contributed by atoms with E-state index in [2.05, 4.69) is 0 Å². The van der Waals surface area contributed by atoms with Crippen LogP contribution < -0.4 is 4.74 Å². The third-order valence-electron chi connectivity index (χ3n) is 2.33. The van der Waals surface area contributed by atoms with Crippen molar-refractivity contribution in [1.29, 1.82) is 0 Å². The Balaban J connectivity index is 2.42. The Bertz CT molecular complexity index is 442. The fraction of sp³-hybridized carbons (Fsp3) is 0.400. The maximum absolute atomic E-state index is 12.5. The minimum atomic E-state index is -4.49. The molecule has 0 fully saturated rings. The normalized spacial score (nSPS) is 24.8. The summed E-state index contributed by atoms with van der Waals surface area (Å²) >= 11 is 0. The monoisotopic (exact) mass is 250 g/mol. The highest BCUT2D eigenvalue weighted by Crippen LogP contribution is 2.36. The van der Waals surface area contributed by atoms with E-state index in [9.17, 15) is 17.4 Å². The largest absolute Gasteiger partial charge is 0.491 e. The van der Waals surface area contributed by atoms with Crippen molar-refractivity contribution in [3.63, 3.8) is 0 Å². The van der Waals surface area contributed by atoms with Crippen LogP contribution in [0.15, 0.2) is 23.1 Å². The molecule has 2 nitrogen and oxygen atoms in total. The highest BCUT2D eigenvalue weighted by atomic mass is 32.2. The average Bonchev–Trinajstić information content (AvgIpc) is 2.17. The Labute approximate surface area is 92.9 Å². The van der Waals surface area contributed by atoms with Gasteiger partial charge >= 0.3 is 6.18 Å². The Hall–Kier alpha value is -1.04. The minimum absolute atomic E-state index is 0.133. The van der Waals surface area contributed by atoms with Gasteiger partial charge in [0, 0.05) is 0 Å². The molecule has 0 bridgehead atoms. The zero-order chi connectivity index (χ0) is 11.9. The molecule has 1 aliphatic heterocycles. The van der Waals surface area contributed by atoms with E-state index in [4.69, 9.17) is 4.74 Å². The molecule has 6 heteroatoms. The lowest BCUT2D eigenvalue weighted by Crippen LogP contribution is -2.41. The topological polar surface area (TPSA) is 26.3 Å². The summed E-state index contributed by atoms with van der Waals surface area (Å²) in [5, 5.41) is -1.93. The van der Waals surface area contributed by atoms with Crippen LogP contribution in [0.3, 0.4) is 0 Å². The van der Waals surface area contributed by atoms with Crippen LogP contribution in [0, 0.1) is 6.92 Å². The molecule has 0 aromatic heterocycles. The van der Waals surface area contributed by atoms with Gasteiger partial charge in [0.15, 0.2) is 5.25 Å². The summed E-state index contributed by atoms with van der Waals surface area (Å²) in [6.45, 7) is 1.15. The molecule has 0 unspecified atom stereocenters. The number of alkyl halides is 3.